The topological polar surface area (TPSA) is 535 Å². The van der Waals surface area contributed by atoms with E-state index in [1.165, 1.54) is 25.0 Å². The molecule has 1 saturated heterocycles. The van der Waals surface area contributed by atoms with Gasteiger partial charge in [0.25, 0.3) is 7.41 Å². The van der Waals surface area contributed by atoms with Crippen molar-refractivity contribution in [2.24, 2.45) is 23.5 Å². The van der Waals surface area contributed by atoms with Crippen LogP contribution < -0.4 is 74.8 Å². The molecular formula is C64H95BN19O16. The molecule has 3 aromatic heterocycles. The van der Waals surface area contributed by atoms with Gasteiger partial charge in [-0.2, -0.15) is 0 Å². The standard InChI is InChI=1S/C64H95BN19O16/c1-8-33(4)52-61(97)72-29-49(88)83-55(36(7)85)64(100)78-43(18-19-51(90)91)59(95)77-42(17-13-14-20-66)57(93)70-28-48(87)81-53(34(5)9-2)62(98)80-45(21-37-24-69-41-16-12-11-15-40(37)41)58(94)71-27-47(86)76-46(23-39-26-68-32-74-39)60(96)79-44(22-38-25-67-31-73-38)56(92)65-75-30-50(89)82-54(35(6)10-3)63(99)84-52/h11-12,15-16,24-26,31-36,42-46,52-55,69,75,85H,8-10,13-14,17-23,27-30,66H2,1-7H3,(H,67,73)(H,68,74)(H,70,93)(H,71,94)(H,72,97)(H,76,86)(H,77,95)(H,78,100)(H,79,96)(H,80,98)(H,81,87)(H,82,89)(H,83,88)(H,84,99)(H,90,91)/t33-,34-,35-,36+,42-,43-,44-,45-,46-,52-,53-,54-,55-/m0/s1. The highest BCUT2D eigenvalue weighted by Gasteiger charge is 2.37. The fourth-order valence-electron chi connectivity index (χ4n) is 10.6. The van der Waals surface area contributed by atoms with E-state index < -0.39 is 200 Å². The highest BCUT2D eigenvalue weighted by atomic mass is 16.4. The van der Waals surface area contributed by atoms with E-state index in [1.807, 2.05) is 0 Å². The molecular weight excluding hydrogens is 1300 g/mol. The molecule has 1 radical (unpaired) electrons. The zero-order valence-electron chi connectivity index (χ0n) is 57.2. The maximum atomic E-state index is 14.5. The number of aliphatic hydroxyl groups is 1. The number of amides is 12. The second-order valence-corrected chi connectivity index (χ2v) is 24.8. The van der Waals surface area contributed by atoms with Gasteiger partial charge in [0, 0.05) is 66.6 Å². The van der Waals surface area contributed by atoms with E-state index in [0.717, 1.165) is 14.3 Å². The lowest BCUT2D eigenvalue weighted by Gasteiger charge is -2.29. The summed E-state index contributed by atoms with van der Waals surface area (Å²) in [6.45, 7) is 8.58. The number of carbonyl (C=O) groups excluding carboxylic acids is 13. The second-order valence-electron chi connectivity index (χ2n) is 24.8. The van der Waals surface area contributed by atoms with Gasteiger partial charge in [-0.1, -0.05) is 79.0 Å². The van der Waals surface area contributed by atoms with Gasteiger partial charge in [-0.3, -0.25) is 62.3 Å². The number of rotatable bonds is 20. The van der Waals surface area contributed by atoms with Crippen molar-refractivity contribution in [1.82, 2.24) is 93.9 Å². The van der Waals surface area contributed by atoms with Gasteiger partial charge in [0.2, 0.25) is 70.9 Å². The average molecular weight is 1400 g/mol. The average Bonchev–Trinajstić information content (AvgIpc) is 1.71. The lowest BCUT2D eigenvalue weighted by molar-refractivity contribution is -0.139. The Hall–Kier alpha value is -10.1. The summed E-state index contributed by atoms with van der Waals surface area (Å²) in [4.78, 5) is 211. The zero-order chi connectivity index (χ0) is 73.6. The molecule has 5 rings (SSSR count). The maximum absolute atomic E-state index is 14.5. The van der Waals surface area contributed by atoms with Crippen LogP contribution in [0.3, 0.4) is 0 Å². The number of hydrogen-bond donors (Lipinski definition) is 19. The molecule has 35 nitrogen and oxygen atoms in total. The first-order valence-corrected chi connectivity index (χ1v) is 33.4. The number of unbranched alkanes of at least 4 members (excludes halogenated alkanes) is 1. The lowest BCUT2D eigenvalue weighted by atomic mass is 9.80. The Kier molecular flexibility index (Phi) is 32.8. The fourth-order valence-corrected chi connectivity index (χ4v) is 10.6. The molecule has 4 heterocycles. The van der Waals surface area contributed by atoms with Crippen molar-refractivity contribution in [3.63, 3.8) is 0 Å². The molecule has 100 heavy (non-hydrogen) atoms. The smallest absolute Gasteiger partial charge is 0.303 e. The summed E-state index contributed by atoms with van der Waals surface area (Å²) < 4.78 is 0. The van der Waals surface area contributed by atoms with Gasteiger partial charge >= 0.3 is 5.97 Å². The number of aliphatic carboxylic acids is 1. The third kappa shape index (κ3) is 25.6. The van der Waals surface area contributed by atoms with Crippen LogP contribution in [0, 0.1) is 17.8 Å². The first-order valence-electron chi connectivity index (χ1n) is 33.4. The number of hydrogen-bond acceptors (Lipinski definition) is 19. The van der Waals surface area contributed by atoms with Crippen LogP contribution in [0.25, 0.3) is 10.9 Å². The van der Waals surface area contributed by atoms with Crippen LogP contribution >= 0.6 is 0 Å². The zero-order valence-corrected chi connectivity index (χ0v) is 57.2. The molecule has 0 aliphatic carbocycles. The van der Waals surface area contributed by atoms with E-state index >= 15 is 0 Å². The van der Waals surface area contributed by atoms with E-state index in [0.29, 0.717) is 53.5 Å². The first-order chi connectivity index (χ1) is 47.7. The van der Waals surface area contributed by atoms with Crippen LogP contribution in [0.5, 0.6) is 0 Å². The molecule has 1 aliphatic rings. The molecule has 36 heteroatoms. The number of carbonyl (C=O) groups is 14. The van der Waals surface area contributed by atoms with E-state index in [4.69, 9.17) is 5.73 Å². The third-order valence-electron chi connectivity index (χ3n) is 17.1. The van der Waals surface area contributed by atoms with E-state index in [2.05, 4.69) is 93.9 Å². The summed E-state index contributed by atoms with van der Waals surface area (Å²) in [5, 5.41) is 54.2. The number of imidazole rings is 2. The number of para-hydroxylation sites is 1. The minimum Gasteiger partial charge on any atom is -0.481 e. The molecule has 0 bridgehead atoms. The molecule has 12 amide bonds. The first kappa shape index (κ1) is 80.6. The number of nitrogens with one attached hydrogen (secondary N) is 16. The highest BCUT2D eigenvalue weighted by Crippen LogP contribution is 2.20. The molecule has 545 valence electrons. The van der Waals surface area contributed by atoms with Crippen LogP contribution in [0.2, 0.25) is 0 Å². The Labute approximate surface area is 578 Å². The Morgan fingerprint density at radius 1 is 0.510 bits per heavy atom. The summed E-state index contributed by atoms with van der Waals surface area (Å²) in [6, 6.07) is -6.00. The Morgan fingerprint density at radius 2 is 0.960 bits per heavy atom. The molecule has 1 aromatic carbocycles. The van der Waals surface area contributed by atoms with Crippen molar-refractivity contribution in [3.05, 3.63) is 72.5 Å². The van der Waals surface area contributed by atoms with Crippen LogP contribution in [0.1, 0.15) is 117 Å². The number of benzene rings is 1. The molecule has 4 aromatic rings. The summed E-state index contributed by atoms with van der Waals surface area (Å²) in [6.07, 6.45) is 5.19. The summed E-state index contributed by atoms with van der Waals surface area (Å²) in [5.74, 6) is -14.1. The van der Waals surface area contributed by atoms with Crippen molar-refractivity contribution in [3.8, 4) is 0 Å². The largest absolute Gasteiger partial charge is 0.481 e. The van der Waals surface area contributed by atoms with E-state index in [1.54, 1.807) is 72.0 Å². The van der Waals surface area contributed by atoms with Crippen molar-refractivity contribution < 1.29 is 77.3 Å². The van der Waals surface area contributed by atoms with Gasteiger partial charge in [-0.25, -0.2) is 9.97 Å². The van der Waals surface area contributed by atoms with Crippen molar-refractivity contribution >= 4 is 101 Å². The van der Waals surface area contributed by atoms with Crippen LogP contribution in [-0.4, -0.2) is 218 Å². The van der Waals surface area contributed by atoms with Crippen molar-refractivity contribution in [2.75, 3.05) is 32.7 Å². The Bertz CT molecular complexity index is 3440. The highest BCUT2D eigenvalue weighted by molar-refractivity contribution is 6.73. The molecule has 1 fully saturated rings. The second kappa shape index (κ2) is 40.7. The number of carboxylic acid groups (broad SMARTS) is 1. The minimum absolute atomic E-state index is 0.0856. The molecule has 20 N–H and O–H groups in total. The monoisotopic (exact) mass is 1400 g/mol. The molecule has 0 spiro atoms. The summed E-state index contributed by atoms with van der Waals surface area (Å²) >= 11 is 0. The van der Waals surface area contributed by atoms with E-state index in [9.17, 15) is 77.3 Å². The van der Waals surface area contributed by atoms with Gasteiger partial charge in [-0.05, 0) is 68.5 Å². The number of aromatic nitrogens is 5. The van der Waals surface area contributed by atoms with Gasteiger partial charge in [-0.15, -0.1) is 0 Å². The van der Waals surface area contributed by atoms with Gasteiger partial charge in [0.15, 0.2) is 0 Å². The number of nitrogens with two attached hydrogens (primary N) is 1. The quantitative estimate of drug-likeness (QED) is 0.0294. The maximum Gasteiger partial charge on any atom is 0.303 e. The number of aromatic amines is 3. The number of nitrogens with zero attached hydrogens (tertiary/aromatic N) is 2. The molecule has 13 atom stereocenters. The van der Waals surface area contributed by atoms with Crippen LogP contribution in [0.15, 0.2) is 55.5 Å². The Balaban J connectivity index is 1.50. The van der Waals surface area contributed by atoms with Gasteiger partial charge in [0.05, 0.1) is 51.0 Å². The number of carboxylic acids is 1. The van der Waals surface area contributed by atoms with Crippen LogP contribution in [0.4, 0.5) is 0 Å². The summed E-state index contributed by atoms with van der Waals surface area (Å²) in [7, 11) is 0.940. The predicted molar refractivity (Wildman–Crippen MR) is 362 cm³/mol. The number of aliphatic hydroxyl groups excluding tert-OH is 1. The molecule has 1 aliphatic heterocycles. The number of H-pyrrole nitrogens is 3. The normalized spacial score (nSPS) is 24.1. The Morgan fingerprint density at radius 3 is 1.51 bits per heavy atom. The predicted octanol–water partition coefficient (Wildman–Crippen LogP) is -4.38. The van der Waals surface area contributed by atoms with E-state index in [-0.39, 0.29) is 38.6 Å². The molecule has 0 unspecified atom stereocenters. The summed E-state index contributed by atoms with van der Waals surface area (Å²) in [5.41, 5.74) is 7.05. The third-order valence-corrected chi connectivity index (χ3v) is 17.1. The van der Waals surface area contributed by atoms with Crippen molar-refractivity contribution in [2.45, 2.75) is 180 Å². The molecule has 0 saturated carbocycles. The minimum atomic E-state index is -1.83. The van der Waals surface area contributed by atoms with Gasteiger partial charge in [0.1, 0.15) is 54.0 Å². The fraction of sp³-hybridized carbons (Fsp3) is 0.562. The van der Waals surface area contributed by atoms with Gasteiger partial charge < -0.3 is 105 Å². The lowest BCUT2D eigenvalue weighted by Crippen LogP contribution is -2.60. The SMILES string of the molecule is CC[C@H](C)[C@@H]1NC(=O)CNC(=O)[C@H](CCCCN)NC(=O)[C@H](CCC(=O)O)NC(=O)[C@H]([C@@H](C)O)NC(=O)CNC(=O)[C@H]([C@@H](C)CC)NC(=O)[C@H]([C@@H](C)CC)NC(=O)CN[B]C(=O)[C@H](Cc2cnc[nH]2)NC(=O)[C@H](Cc2cnc[nH]2)NC(=O)CNC(=O)[C@H](Cc2c[nH]c3ccccc23)NC1=O. The van der Waals surface area contributed by atoms with Crippen molar-refractivity contribution in [1.29, 1.82) is 0 Å². The number of fused-ring (bicyclic) bond motifs is 1. The van der Waals surface area contributed by atoms with Crippen LogP contribution in [-0.2, 0) is 86.4 Å².